The summed E-state index contributed by atoms with van der Waals surface area (Å²) in [5.74, 6) is 1.22. The standard InChI is InChI=1S/C16H17N5O2/c1-21(8-10-2-3-13-15(4-10)20-23-19-13)16-7-14(17-9-18-16)11-5-12(22)6-11/h2-4,7,9,11-12,22H,5-6,8H2,1H3. The van der Waals surface area contributed by atoms with E-state index in [-0.39, 0.29) is 6.10 Å². The van der Waals surface area contributed by atoms with E-state index in [1.807, 2.05) is 31.3 Å². The average Bonchev–Trinajstić information content (AvgIpc) is 2.99. The Morgan fingerprint density at radius 3 is 2.83 bits per heavy atom. The first-order valence-corrected chi connectivity index (χ1v) is 7.61. The minimum Gasteiger partial charge on any atom is -0.393 e. The molecule has 23 heavy (non-hydrogen) atoms. The number of anilines is 1. The second kappa shape index (κ2) is 5.58. The summed E-state index contributed by atoms with van der Waals surface area (Å²) in [6, 6.07) is 7.88. The van der Waals surface area contributed by atoms with Crippen molar-refractivity contribution in [1.29, 1.82) is 0 Å². The molecule has 1 fully saturated rings. The summed E-state index contributed by atoms with van der Waals surface area (Å²) in [5.41, 5.74) is 3.62. The smallest absolute Gasteiger partial charge is 0.135 e. The van der Waals surface area contributed by atoms with Crippen LogP contribution in [0.2, 0.25) is 0 Å². The van der Waals surface area contributed by atoms with Gasteiger partial charge in [-0.2, -0.15) is 0 Å². The predicted molar refractivity (Wildman–Crippen MR) is 83.9 cm³/mol. The summed E-state index contributed by atoms with van der Waals surface area (Å²) in [6.07, 6.45) is 2.99. The van der Waals surface area contributed by atoms with Gasteiger partial charge in [0.05, 0.1) is 6.10 Å². The van der Waals surface area contributed by atoms with Gasteiger partial charge in [0, 0.05) is 31.3 Å². The number of hydrogen-bond donors (Lipinski definition) is 1. The van der Waals surface area contributed by atoms with Gasteiger partial charge in [-0.15, -0.1) is 0 Å². The minimum absolute atomic E-state index is 0.182. The number of aliphatic hydroxyl groups excluding tert-OH is 1. The van der Waals surface area contributed by atoms with E-state index in [0.717, 1.165) is 41.0 Å². The zero-order valence-electron chi connectivity index (χ0n) is 12.8. The molecule has 118 valence electrons. The largest absolute Gasteiger partial charge is 0.393 e. The third-order valence-corrected chi connectivity index (χ3v) is 4.33. The first-order valence-electron chi connectivity index (χ1n) is 7.61. The molecule has 4 rings (SSSR count). The van der Waals surface area contributed by atoms with Crippen LogP contribution < -0.4 is 4.90 Å². The fourth-order valence-electron chi connectivity index (χ4n) is 2.90. The highest BCUT2D eigenvalue weighted by molar-refractivity contribution is 5.73. The highest BCUT2D eigenvalue weighted by atomic mass is 16.6. The molecule has 0 spiro atoms. The van der Waals surface area contributed by atoms with E-state index < -0.39 is 0 Å². The number of hydrogen-bond acceptors (Lipinski definition) is 7. The summed E-state index contributed by atoms with van der Waals surface area (Å²) >= 11 is 0. The van der Waals surface area contributed by atoms with Crippen LogP contribution in [0.3, 0.4) is 0 Å². The highest BCUT2D eigenvalue weighted by Crippen LogP contribution is 2.36. The molecule has 3 aromatic rings. The Balaban J connectivity index is 1.51. The maximum Gasteiger partial charge on any atom is 0.135 e. The maximum atomic E-state index is 9.45. The van der Waals surface area contributed by atoms with E-state index in [0.29, 0.717) is 12.5 Å². The van der Waals surface area contributed by atoms with Crippen molar-refractivity contribution in [2.45, 2.75) is 31.4 Å². The van der Waals surface area contributed by atoms with Crippen LogP contribution in [0, 0.1) is 0 Å². The van der Waals surface area contributed by atoms with Gasteiger partial charge in [0.15, 0.2) is 0 Å². The van der Waals surface area contributed by atoms with Crippen molar-refractivity contribution in [2.24, 2.45) is 0 Å². The number of benzene rings is 1. The molecule has 0 radical (unpaired) electrons. The third kappa shape index (κ3) is 2.75. The minimum atomic E-state index is -0.182. The van der Waals surface area contributed by atoms with Gasteiger partial charge < -0.3 is 10.0 Å². The van der Waals surface area contributed by atoms with E-state index >= 15 is 0 Å². The van der Waals surface area contributed by atoms with Crippen LogP contribution >= 0.6 is 0 Å². The zero-order chi connectivity index (χ0) is 15.8. The van der Waals surface area contributed by atoms with Gasteiger partial charge in [0.25, 0.3) is 0 Å². The van der Waals surface area contributed by atoms with Crippen molar-refractivity contribution in [3.63, 3.8) is 0 Å². The highest BCUT2D eigenvalue weighted by Gasteiger charge is 2.29. The Kier molecular flexibility index (Phi) is 3.42. The van der Waals surface area contributed by atoms with Crippen molar-refractivity contribution >= 4 is 16.9 Å². The topological polar surface area (TPSA) is 88.2 Å². The predicted octanol–water partition coefficient (Wildman–Crippen LogP) is 1.89. The summed E-state index contributed by atoms with van der Waals surface area (Å²) in [4.78, 5) is 10.8. The molecule has 7 heteroatoms. The molecule has 2 heterocycles. The molecule has 0 bridgehead atoms. The molecule has 0 saturated heterocycles. The molecule has 1 aromatic carbocycles. The van der Waals surface area contributed by atoms with E-state index in [4.69, 9.17) is 4.63 Å². The number of aromatic nitrogens is 4. The average molecular weight is 311 g/mol. The SMILES string of the molecule is CN(Cc1ccc2nonc2c1)c1cc(C2CC(O)C2)ncn1. The van der Waals surface area contributed by atoms with E-state index in [1.54, 1.807) is 6.33 Å². The number of nitrogens with zero attached hydrogens (tertiary/aromatic N) is 5. The second-order valence-corrected chi connectivity index (χ2v) is 6.07. The maximum absolute atomic E-state index is 9.45. The first-order chi connectivity index (χ1) is 11.2. The molecular weight excluding hydrogens is 294 g/mol. The molecular formula is C16H17N5O2. The molecule has 0 aliphatic heterocycles. The molecule has 7 nitrogen and oxygen atoms in total. The molecule has 1 aliphatic carbocycles. The lowest BCUT2D eigenvalue weighted by molar-refractivity contribution is 0.0732. The molecule has 2 aromatic heterocycles. The van der Waals surface area contributed by atoms with Crippen LogP contribution in [-0.4, -0.2) is 38.5 Å². The van der Waals surface area contributed by atoms with Gasteiger partial charge in [-0.3, -0.25) is 0 Å². The number of fused-ring (bicyclic) bond motifs is 1. The van der Waals surface area contributed by atoms with Crippen molar-refractivity contribution in [1.82, 2.24) is 20.3 Å². The second-order valence-electron chi connectivity index (χ2n) is 6.07. The van der Waals surface area contributed by atoms with Crippen LogP contribution in [0.15, 0.2) is 35.2 Å². The zero-order valence-corrected chi connectivity index (χ0v) is 12.8. The van der Waals surface area contributed by atoms with Crippen LogP contribution in [0.4, 0.5) is 5.82 Å². The van der Waals surface area contributed by atoms with Gasteiger partial charge in [-0.05, 0) is 40.9 Å². The monoisotopic (exact) mass is 311 g/mol. The normalized spacial score (nSPS) is 20.4. The van der Waals surface area contributed by atoms with Crippen LogP contribution in [-0.2, 0) is 6.54 Å². The summed E-state index contributed by atoms with van der Waals surface area (Å²) in [6.45, 7) is 0.701. The van der Waals surface area contributed by atoms with Gasteiger partial charge in [0.2, 0.25) is 0 Å². The third-order valence-electron chi connectivity index (χ3n) is 4.33. The Hall–Kier alpha value is -2.54. The molecule has 0 unspecified atom stereocenters. The van der Waals surface area contributed by atoms with Crippen LogP contribution in [0.25, 0.3) is 11.0 Å². The van der Waals surface area contributed by atoms with Crippen molar-refractivity contribution in [3.8, 4) is 0 Å². The van der Waals surface area contributed by atoms with Crippen molar-refractivity contribution < 1.29 is 9.74 Å². The van der Waals surface area contributed by atoms with E-state index in [2.05, 4.69) is 25.2 Å². The van der Waals surface area contributed by atoms with Crippen molar-refractivity contribution in [3.05, 3.63) is 41.9 Å². The fraction of sp³-hybridized carbons (Fsp3) is 0.375. The van der Waals surface area contributed by atoms with Crippen LogP contribution in [0.5, 0.6) is 0 Å². The van der Waals surface area contributed by atoms with Gasteiger partial charge in [-0.25, -0.2) is 14.6 Å². The molecule has 0 amide bonds. The first kappa shape index (κ1) is 14.1. The number of aliphatic hydroxyl groups is 1. The van der Waals surface area contributed by atoms with Crippen LogP contribution in [0.1, 0.15) is 30.0 Å². The lowest BCUT2D eigenvalue weighted by Crippen LogP contribution is -2.27. The Morgan fingerprint density at radius 2 is 2.00 bits per heavy atom. The molecule has 1 N–H and O–H groups in total. The Morgan fingerprint density at radius 1 is 1.17 bits per heavy atom. The summed E-state index contributed by atoms with van der Waals surface area (Å²) in [7, 11) is 1.99. The van der Waals surface area contributed by atoms with Gasteiger partial charge >= 0.3 is 0 Å². The lowest BCUT2D eigenvalue weighted by Gasteiger charge is -2.31. The summed E-state index contributed by atoms with van der Waals surface area (Å²) < 4.78 is 4.72. The van der Waals surface area contributed by atoms with Gasteiger partial charge in [-0.1, -0.05) is 6.07 Å². The quantitative estimate of drug-likeness (QED) is 0.787. The fourth-order valence-corrected chi connectivity index (χ4v) is 2.90. The van der Waals surface area contributed by atoms with Crippen molar-refractivity contribution in [2.75, 3.05) is 11.9 Å². The van der Waals surface area contributed by atoms with E-state index in [9.17, 15) is 5.11 Å². The number of rotatable bonds is 4. The van der Waals surface area contributed by atoms with E-state index in [1.165, 1.54) is 0 Å². The molecule has 1 saturated carbocycles. The summed E-state index contributed by atoms with van der Waals surface area (Å²) in [5, 5.41) is 17.1. The molecule has 1 aliphatic rings. The molecule has 0 atom stereocenters. The Labute approximate surface area is 132 Å². The lowest BCUT2D eigenvalue weighted by atomic mass is 9.80. The Bertz CT molecular complexity index is 828. The van der Waals surface area contributed by atoms with Gasteiger partial charge in [0.1, 0.15) is 23.2 Å².